The van der Waals surface area contributed by atoms with Gasteiger partial charge in [-0.2, -0.15) is 0 Å². The first kappa shape index (κ1) is 8.79. The number of rotatable bonds is 0. The van der Waals surface area contributed by atoms with Gasteiger partial charge in [-0.3, -0.25) is 0 Å². The zero-order valence-corrected chi connectivity index (χ0v) is 8.62. The second-order valence-corrected chi connectivity index (χ2v) is 1.71. The van der Waals surface area contributed by atoms with Crippen LogP contribution in [0.1, 0.15) is 0 Å². The molecule has 0 fully saturated rings. The molecule has 0 amide bonds. The average Bonchev–Trinajstić information content (AvgIpc) is 1.94. The van der Waals surface area contributed by atoms with Crippen LogP contribution in [0.5, 0.6) is 0 Å². The average molecular weight is 193 g/mol. The van der Waals surface area contributed by atoms with E-state index in [2.05, 4.69) is 4.98 Å². The SMILES string of the molecule is S=c1cc[nH]cc1.[O]=[Zn]. The van der Waals surface area contributed by atoms with Gasteiger partial charge in [0.15, 0.2) is 0 Å². The van der Waals surface area contributed by atoms with Gasteiger partial charge in [0.2, 0.25) is 0 Å². The van der Waals surface area contributed by atoms with Crippen LogP contribution in [0, 0.1) is 4.51 Å². The Labute approximate surface area is 68.2 Å². The fraction of sp³-hybridized carbons (Fsp3) is 0. The van der Waals surface area contributed by atoms with Crippen molar-refractivity contribution < 1.29 is 21.8 Å². The van der Waals surface area contributed by atoms with E-state index in [9.17, 15) is 0 Å². The van der Waals surface area contributed by atoms with Crippen LogP contribution in [0.15, 0.2) is 24.5 Å². The third kappa shape index (κ3) is 4.31. The Bertz CT molecular complexity index is 195. The van der Waals surface area contributed by atoms with Crippen molar-refractivity contribution in [2.24, 2.45) is 0 Å². The van der Waals surface area contributed by atoms with E-state index in [1.54, 1.807) is 0 Å². The van der Waals surface area contributed by atoms with Crippen LogP contribution in [0.2, 0.25) is 0 Å². The number of nitrogens with one attached hydrogen (secondary N) is 1. The maximum atomic E-state index is 8.38. The zero-order chi connectivity index (χ0) is 7.11. The minimum absolute atomic E-state index is 0.125. The quantitative estimate of drug-likeness (QED) is 0.501. The monoisotopic (exact) mass is 191 g/mol. The molecule has 0 aliphatic rings. The molecule has 1 aromatic rings. The first-order chi connectivity index (χ1) is 4.39. The van der Waals surface area contributed by atoms with Gasteiger partial charge in [-0.15, -0.1) is 0 Å². The Morgan fingerprint density at radius 3 is 2.00 bits per heavy atom. The van der Waals surface area contributed by atoms with Crippen LogP contribution in [-0.4, -0.2) is 4.98 Å². The number of hydrogen-bond acceptors (Lipinski definition) is 2. The topological polar surface area (TPSA) is 32.9 Å². The van der Waals surface area contributed by atoms with E-state index in [1.165, 1.54) is 0 Å². The Balaban J connectivity index is 0.000000291. The number of aromatic nitrogens is 1. The van der Waals surface area contributed by atoms with Crippen molar-refractivity contribution in [3.8, 4) is 0 Å². The Morgan fingerprint density at radius 1 is 1.33 bits per heavy atom. The summed E-state index contributed by atoms with van der Waals surface area (Å²) in [6.07, 6.45) is 3.62. The summed E-state index contributed by atoms with van der Waals surface area (Å²) in [6, 6.07) is 3.69. The summed E-state index contributed by atoms with van der Waals surface area (Å²) in [4.78, 5) is 2.87. The van der Waals surface area contributed by atoms with Crippen molar-refractivity contribution in [1.82, 2.24) is 4.98 Å². The van der Waals surface area contributed by atoms with E-state index in [4.69, 9.17) is 15.8 Å². The summed E-state index contributed by atoms with van der Waals surface area (Å²) < 4.78 is 9.25. The Morgan fingerprint density at radius 2 is 1.78 bits per heavy atom. The standard InChI is InChI=1S/C5H5NS.O.Zn/c7-5-1-3-6-4-2-5;;/h1-4H,(H,6,7);;. The molecule has 0 saturated heterocycles. The van der Waals surface area contributed by atoms with Crippen LogP contribution in [0.3, 0.4) is 0 Å². The molecule has 1 N–H and O–H groups in total. The number of aromatic amines is 1. The second kappa shape index (κ2) is 5.92. The molecule has 9 heavy (non-hydrogen) atoms. The van der Waals surface area contributed by atoms with Gasteiger partial charge >= 0.3 is 21.8 Å². The number of hydrogen-bond donors (Lipinski definition) is 1. The van der Waals surface area contributed by atoms with Gasteiger partial charge in [0.05, 0.1) is 0 Å². The van der Waals surface area contributed by atoms with E-state index >= 15 is 0 Å². The predicted octanol–water partition coefficient (Wildman–Crippen LogP) is 1.62. The van der Waals surface area contributed by atoms with Crippen molar-refractivity contribution in [3.63, 3.8) is 0 Å². The summed E-state index contributed by atoms with van der Waals surface area (Å²) in [7, 11) is 0. The number of pyridine rings is 1. The van der Waals surface area contributed by atoms with E-state index in [1.807, 2.05) is 24.5 Å². The fourth-order valence-corrected chi connectivity index (χ4v) is 0.508. The molecule has 0 aromatic carbocycles. The third-order valence-corrected chi connectivity index (χ3v) is 0.960. The normalized spacial score (nSPS) is 7.33. The molecule has 0 radical (unpaired) electrons. The van der Waals surface area contributed by atoms with Gasteiger partial charge in [-0.1, -0.05) is 12.2 Å². The molecule has 0 aliphatic carbocycles. The van der Waals surface area contributed by atoms with E-state index in [0.29, 0.717) is 0 Å². The zero-order valence-electron chi connectivity index (χ0n) is 4.83. The van der Waals surface area contributed by atoms with Crippen molar-refractivity contribution >= 4 is 12.2 Å². The maximum absolute atomic E-state index is 8.38. The Kier molecular flexibility index (Phi) is 5.79. The molecule has 1 aromatic heterocycles. The van der Waals surface area contributed by atoms with Crippen molar-refractivity contribution in [3.05, 3.63) is 29.0 Å². The summed E-state index contributed by atoms with van der Waals surface area (Å²) in [5.74, 6) is 0. The van der Waals surface area contributed by atoms with Crippen LogP contribution >= 0.6 is 12.2 Å². The molecule has 0 spiro atoms. The molecule has 1 rings (SSSR count). The van der Waals surface area contributed by atoms with E-state index in [0.717, 1.165) is 4.51 Å². The summed E-state index contributed by atoms with van der Waals surface area (Å²) in [5.41, 5.74) is 0. The van der Waals surface area contributed by atoms with Crippen LogP contribution < -0.4 is 0 Å². The summed E-state index contributed by atoms with van der Waals surface area (Å²) in [6.45, 7) is 0. The van der Waals surface area contributed by atoms with Crippen LogP contribution in [-0.2, 0) is 21.8 Å². The fourth-order valence-electron chi connectivity index (χ4n) is 0.372. The molecule has 0 bridgehead atoms. The summed E-state index contributed by atoms with van der Waals surface area (Å²) >= 11 is 4.92. The minimum atomic E-state index is 0.125. The molecule has 0 aliphatic heterocycles. The summed E-state index contributed by atoms with van der Waals surface area (Å²) in [5, 5.41) is 0. The molecule has 2 nitrogen and oxygen atoms in total. The Hall–Kier alpha value is -0.207. The first-order valence-corrected chi connectivity index (χ1v) is 3.93. The van der Waals surface area contributed by atoms with Crippen molar-refractivity contribution in [1.29, 1.82) is 0 Å². The van der Waals surface area contributed by atoms with E-state index < -0.39 is 0 Å². The molecule has 4 heteroatoms. The molecule has 1 heterocycles. The van der Waals surface area contributed by atoms with Gasteiger partial charge in [0, 0.05) is 16.9 Å². The van der Waals surface area contributed by atoms with Gasteiger partial charge in [-0.05, 0) is 12.1 Å². The molecular formula is C5H5NOSZn. The second-order valence-electron chi connectivity index (χ2n) is 1.24. The van der Waals surface area contributed by atoms with Gasteiger partial charge in [-0.25, -0.2) is 0 Å². The molecule has 44 valence electrons. The van der Waals surface area contributed by atoms with Crippen LogP contribution in [0.4, 0.5) is 0 Å². The molecule has 0 unspecified atom stereocenters. The van der Waals surface area contributed by atoms with Gasteiger partial charge < -0.3 is 4.98 Å². The predicted molar refractivity (Wildman–Crippen MR) is 32.3 cm³/mol. The van der Waals surface area contributed by atoms with Crippen LogP contribution in [0.25, 0.3) is 0 Å². The molecule has 0 atom stereocenters. The molecule has 0 saturated carbocycles. The third-order valence-electron chi connectivity index (χ3n) is 0.688. The van der Waals surface area contributed by atoms with Crippen molar-refractivity contribution in [2.75, 3.05) is 0 Å². The number of H-pyrrole nitrogens is 1. The van der Waals surface area contributed by atoms with E-state index in [-0.39, 0.29) is 18.3 Å². The van der Waals surface area contributed by atoms with Gasteiger partial charge in [0.25, 0.3) is 0 Å². The first-order valence-electron chi connectivity index (χ1n) is 2.31. The van der Waals surface area contributed by atoms with Crippen molar-refractivity contribution in [2.45, 2.75) is 0 Å². The molecular weight excluding hydrogens is 188 g/mol. The van der Waals surface area contributed by atoms with Gasteiger partial charge in [0.1, 0.15) is 0 Å².